The second-order valence-electron chi connectivity index (χ2n) is 13.0. The maximum absolute atomic E-state index is 14.8. The minimum Gasteiger partial charge on any atom is -0.446 e. The number of carbonyl (C=O) groups is 3. The zero-order valence-corrected chi connectivity index (χ0v) is 28.5. The number of anilines is 1. The van der Waals surface area contributed by atoms with E-state index in [0.717, 1.165) is 11.1 Å². The van der Waals surface area contributed by atoms with E-state index in [9.17, 15) is 23.2 Å². The summed E-state index contributed by atoms with van der Waals surface area (Å²) in [5.41, 5.74) is 3.30. The Morgan fingerprint density at radius 1 is 0.854 bits per heavy atom. The molecule has 1 N–H and O–H groups in total. The Hall–Kier alpha value is -4.67. The first-order valence-electron chi connectivity index (χ1n) is 16.0. The first-order chi connectivity index (χ1) is 22.9. The molecular weight excluding hydrogens is 631 g/mol. The number of rotatable bonds is 13. The van der Waals surface area contributed by atoms with Gasteiger partial charge in [0.2, 0.25) is 5.91 Å². The van der Waals surface area contributed by atoms with Crippen LogP contribution >= 0.6 is 0 Å². The Labute approximate surface area is 281 Å². The summed E-state index contributed by atoms with van der Waals surface area (Å²) in [5, 5.41) is 3.43. The van der Waals surface area contributed by atoms with Crippen molar-refractivity contribution < 1.29 is 32.3 Å². The van der Waals surface area contributed by atoms with Crippen LogP contribution in [0.15, 0.2) is 103 Å². The van der Waals surface area contributed by atoms with Crippen molar-refractivity contribution in [3.05, 3.63) is 137 Å². The lowest BCUT2D eigenvalue weighted by molar-refractivity contribution is -0.134. The largest absolute Gasteiger partial charge is 0.446 e. The third-order valence-electron chi connectivity index (χ3n) is 8.33. The fourth-order valence-corrected chi connectivity index (χ4v) is 7.10. The molecule has 1 heterocycles. The summed E-state index contributed by atoms with van der Waals surface area (Å²) >= 11 is 0. The van der Waals surface area contributed by atoms with Crippen molar-refractivity contribution in [2.24, 2.45) is 5.92 Å². The monoisotopic (exact) mass is 670 g/mol. The smallest absolute Gasteiger partial charge is 0.417 e. The van der Waals surface area contributed by atoms with Gasteiger partial charge in [0, 0.05) is 11.3 Å². The molecule has 10 heteroatoms. The molecule has 4 aromatic rings. The number of carbonyl (C=O) groups excluding carboxylic acids is 3. The van der Waals surface area contributed by atoms with Crippen molar-refractivity contribution >= 4 is 31.8 Å². The minimum absolute atomic E-state index is 0.0155. The number of ether oxygens (including phenoxy) is 1. The van der Waals surface area contributed by atoms with Crippen molar-refractivity contribution in [1.29, 1.82) is 0 Å². The highest BCUT2D eigenvalue weighted by molar-refractivity contribution is 6.69. The van der Waals surface area contributed by atoms with Gasteiger partial charge in [-0.05, 0) is 92.5 Å². The standard InChI is InChI=1S/C38H40F2N2O5Si/c1-25(43)26-10-12-29(13-11-26)36(41-32-20-18-31(40)19-21-32)33(22-23-35(47-48(2,3)4)28-14-16-30(39)17-15-28)37(44)42-34(24-46-38(42)45)27-8-6-5-7-9-27/h5-21,33-36,41H,22-24H2,1-4H3/t33-,34+,35-,36-/m1/s1. The molecule has 7 nitrogen and oxygen atoms in total. The van der Waals surface area contributed by atoms with Gasteiger partial charge in [-0.25, -0.2) is 18.5 Å². The van der Waals surface area contributed by atoms with E-state index in [2.05, 4.69) is 25.0 Å². The van der Waals surface area contributed by atoms with Gasteiger partial charge in [-0.3, -0.25) is 9.59 Å². The second-order valence-corrected chi connectivity index (χ2v) is 17.4. The molecule has 1 saturated heterocycles. The number of hydrogen-bond acceptors (Lipinski definition) is 6. The molecule has 4 aromatic carbocycles. The zero-order chi connectivity index (χ0) is 34.4. The maximum atomic E-state index is 14.8. The van der Waals surface area contributed by atoms with Crippen molar-refractivity contribution in [1.82, 2.24) is 4.90 Å². The molecule has 0 radical (unpaired) electrons. The Morgan fingerprint density at radius 2 is 1.44 bits per heavy atom. The van der Waals surface area contributed by atoms with Crippen LogP contribution < -0.4 is 5.32 Å². The molecule has 5 rings (SSSR count). The van der Waals surface area contributed by atoms with Crippen molar-refractivity contribution in [2.45, 2.75) is 57.6 Å². The Balaban J connectivity index is 1.59. The van der Waals surface area contributed by atoms with E-state index in [-0.39, 0.29) is 24.6 Å². The van der Waals surface area contributed by atoms with Gasteiger partial charge >= 0.3 is 6.09 Å². The van der Waals surface area contributed by atoms with Crippen LogP contribution in [0.3, 0.4) is 0 Å². The van der Waals surface area contributed by atoms with Gasteiger partial charge in [-0.15, -0.1) is 0 Å². The van der Waals surface area contributed by atoms with Crippen LogP contribution in [-0.2, 0) is 14.0 Å². The number of halogens is 2. The topological polar surface area (TPSA) is 84.9 Å². The number of nitrogens with zero attached hydrogens (tertiary/aromatic N) is 1. The molecule has 48 heavy (non-hydrogen) atoms. The minimum atomic E-state index is -2.13. The molecule has 0 unspecified atom stereocenters. The van der Waals surface area contributed by atoms with Gasteiger partial charge in [0.15, 0.2) is 14.1 Å². The van der Waals surface area contributed by atoms with Crippen LogP contribution in [0.5, 0.6) is 0 Å². The molecule has 0 aliphatic carbocycles. The van der Waals surface area contributed by atoms with E-state index >= 15 is 0 Å². The summed E-state index contributed by atoms with van der Waals surface area (Å²) in [6, 6.07) is 26.8. The highest BCUT2D eigenvalue weighted by atomic mass is 28.4. The van der Waals surface area contributed by atoms with Crippen molar-refractivity contribution in [2.75, 3.05) is 11.9 Å². The van der Waals surface area contributed by atoms with E-state index in [1.54, 1.807) is 48.5 Å². The normalized spacial score (nSPS) is 16.6. The number of amides is 2. The molecule has 250 valence electrons. The quantitative estimate of drug-likeness (QED) is 0.113. The molecule has 1 fully saturated rings. The van der Waals surface area contributed by atoms with Crippen LogP contribution in [0.25, 0.3) is 0 Å². The summed E-state index contributed by atoms with van der Waals surface area (Å²) in [6.45, 7) is 7.68. The summed E-state index contributed by atoms with van der Waals surface area (Å²) in [7, 11) is -2.13. The molecule has 4 atom stereocenters. The lowest BCUT2D eigenvalue weighted by Crippen LogP contribution is -2.42. The number of imide groups is 1. The van der Waals surface area contributed by atoms with Gasteiger partial charge < -0.3 is 14.5 Å². The average molecular weight is 671 g/mol. The van der Waals surface area contributed by atoms with E-state index in [1.807, 2.05) is 30.3 Å². The van der Waals surface area contributed by atoms with Crippen LogP contribution in [0.4, 0.5) is 19.3 Å². The highest BCUT2D eigenvalue weighted by Crippen LogP contribution is 2.39. The third kappa shape index (κ3) is 8.61. The van der Waals surface area contributed by atoms with Crippen molar-refractivity contribution in [3.8, 4) is 0 Å². The van der Waals surface area contributed by atoms with Crippen LogP contribution in [-0.4, -0.2) is 37.6 Å². The number of nitrogens with one attached hydrogen (secondary N) is 1. The Morgan fingerprint density at radius 3 is 2.02 bits per heavy atom. The van der Waals surface area contributed by atoms with E-state index < -0.39 is 50.2 Å². The number of ketones is 1. The first-order valence-corrected chi connectivity index (χ1v) is 19.4. The van der Waals surface area contributed by atoms with Gasteiger partial charge in [-0.2, -0.15) is 0 Å². The molecule has 0 bridgehead atoms. The van der Waals surface area contributed by atoms with Crippen molar-refractivity contribution in [3.63, 3.8) is 0 Å². The molecule has 0 spiro atoms. The number of benzene rings is 4. The second kappa shape index (κ2) is 15.0. The molecule has 0 saturated carbocycles. The predicted octanol–water partition coefficient (Wildman–Crippen LogP) is 9.03. The summed E-state index contributed by atoms with van der Waals surface area (Å²) in [6.07, 6.45) is -0.559. The summed E-state index contributed by atoms with van der Waals surface area (Å²) in [4.78, 5) is 41.4. The number of Topliss-reactive ketones (excluding diaryl/α,β-unsaturated/α-hetero) is 1. The van der Waals surface area contributed by atoms with Gasteiger partial charge in [-0.1, -0.05) is 66.7 Å². The lowest BCUT2D eigenvalue weighted by Gasteiger charge is -2.34. The van der Waals surface area contributed by atoms with Crippen LogP contribution in [0.1, 0.15) is 65.0 Å². The average Bonchev–Trinajstić information content (AvgIpc) is 3.46. The molecule has 2 amide bonds. The number of hydrogen-bond donors (Lipinski definition) is 1. The third-order valence-corrected chi connectivity index (χ3v) is 9.33. The molecular formula is C38H40F2N2O5Si. The lowest BCUT2D eigenvalue weighted by atomic mass is 9.85. The predicted molar refractivity (Wildman–Crippen MR) is 183 cm³/mol. The van der Waals surface area contributed by atoms with E-state index in [0.29, 0.717) is 23.2 Å². The van der Waals surface area contributed by atoms with Gasteiger partial charge in [0.25, 0.3) is 0 Å². The van der Waals surface area contributed by atoms with Gasteiger partial charge in [0.1, 0.15) is 24.3 Å². The maximum Gasteiger partial charge on any atom is 0.417 e. The number of cyclic esters (lactones) is 1. The van der Waals surface area contributed by atoms with E-state index in [4.69, 9.17) is 9.16 Å². The fourth-order valence-electron chi connectivity index (χ4n) is 5.99. The molecule has 1 aliphatic rings. The Kier molecular flexibility index (Phi) is 10.9. The van der Waals surface area contributed by atoms with E-state index in [1.165, 1.54) is 36.1 Å². The highest BCUT2D eigenvalue weighted by Gasteiger charge is 2.44. The van der Waals surface area contributed by atoms with Crippen LogP contribution in [0.2, 0.25) is 19.6 Å². The van der Waals surface area contributed by atoms with Gasteiger partial charge in [0.05, 0.1) is 18.1 Å². The fraction of sp³-hybridized carbons (Fsp3) is 0.289. The van der Waals surface area contributed by atoms with Crippen LogP contribution in [0, 0.1) is 17.6 Å². The summed E-state index contributed by atoms with van der Waals surface area (Å²) in [5.74, 6) is -2.19. The zero-order valence-electron chi connectivity index (χ0n) is 27.5. The first kappa shape index (κ1) is 34.7. The molecule has 0 aromatic heterocycles. The Bertz CT molecular complexity index is 1710. The SMILES string of the molecule is CC(=O)c1ccc([C@@H](Nc2ccc(F)cc2)[C@@H](CC[C@@H](O[Si](C)(C)C)c2ccc(F)cc2)C(=O)N2C(=O)OC[C@H]2c2ccccc2)cc1. The molecule has 1 aliphatic heterocycles. The summed E-state index contributed by atoms with van der Waals surface area (Å²) < 4.78 is 39.9.